The number of carboxylic acids is 1. The molecule has 140 valence electrons. The van der Waals surface area contributed by atoms with Gasteiger partial charge in [-0.3, -0.25) is 4.79 Å². The average Bonchev–Trinajstić information content (AvgIpc) is 2.58. The van der Waals surface area contributed by atoms with Crippen LogP contribution in [0.4, 0.5) is 0 Å². The van der Waals surface area contributed by atoms with Gasteiger partial charge in [-0.25, -0.2) is 4.79 Å². The van der Waals surface area contributed by atoms with Gasteiger partial charge in [0.2, 0.25) is 11.7 Å². The van der Waals surface area contributed by atoms with Crippen LogP contribution in [0.3, 0.4) is 0 Å². The van der Waals surface area contributed by atoms with Gasteiger partial charge in [0.1, 0.15) is 5.54 Å². The summed E-state index contributed by atoms with van der Waals surface area (Å²) in [5.41, 5.74) is -0.418. The Labute approximate surface area is 148 Å². The Morgan fingerprint density at radius 2 is 1.68 bits per heavy atom. The first-order valence-corrected chi connectivity index (χ1v) is 8.14. The fourth-order valence-electron chi connectivity index (χ4n) is 2.63. The molecule has 0 heterocycles. The molecule has 0 saturated carbocycles. The first-order valence-electron chi connectivity index (χ1n) is 8.14. The van der Waals surface area contributed by atoms with Crippen molar-refractivity contribution >= 4 is 11.9 Å². The van der Waals surface area contributed by atoms with Crippen LogP contribution in [0, 0.1) is 0 Å². The lowest BCUT2D eigenvalue weighted by atomic mass is 9.96. The molecule has 7 nitrogen and oxygen atoms in total. The van der Waals surface area contributed by atoms with E-state index in [9.17, 15) is 14.7 Å². The Morgan fingerprint density at radius 1 is 1.12 bits per heavy atom. The third-order valence-corrected chi connectivity index (χ3v) is 4.00. The van der Waals surface area contributed by atoms with Crippen LogP contribution in [0.25, 0.3) is 0 Å². The fraction of sp³-hybridized carbons (Fsp3) is 0.556. The van der Waals surface area contributed by atoms with Gasteiger partial charge in [0.05, 0.1) is 21.3 Å². The first-order chi connectivity index (χ1) is 11.8. The molecule has 7 heteroatoms. The fourth-order valence-corrected chi connectivity index (χ4v) is 2.63. The number of methoxy groups -OCH3 is 3. The Kier molecular flexibility index (Phi) is 7.54. The summed E-state index contributed by atoms with van der Waals surface area (Å²) < 4.78 is 15.8. The summed E-state index contributed by atoms with van der Waals surface area (Å²) in [6.07, 6.45) is 1.61. The molecule has 0 fully saturated rings. The smallest absolute Gasteiger partial charge is 0.329 e. The highest BCUT2D eigenvalue weighted by Crippen LogP contribution is 2.38. The minimum absolute atomic E-state index is 0.158. The maximum absolute atomic E-state index is 12.2. The molecule has 0 aliphatic carbocycles. The molecule has 0 radical (unpaired) electrons. The lowest BCUT2D eigenvalue weighted by Gasteiger charge is -2.25. The zero-order valence-corrected chi connectivity index (χ0v) is 15.5. The SMILES string of the molecule is CCCC(C)(NC(=O)CCc1cc(OC)c(OC)c(OC)c1)C(=O)O. The zero-order chi connectivity index (χ0) is 19.0. The second-order valence-corrected chi connectivity index (χ2v) is 5.97. The highest BCUT2D eigenvalue weighted by Gasteiger charge is 2.33. The lowest BCUT2D eigenvalue weighted by Crippen LogP contribution is -2.52. The van der Waals surface area contributed by atoms with E-state index in [2.05, 4.69) is 5.32 Å². The molecule has 1 aromatic carbocycles. The van der Waals surface area contributed by atoms with E-state index < -0.39 is 11.5 Å². The largest absolute Gasteiger partial charge is 0.493 e. The monoisotopic (exact) mass is 353 g/mol. The van der Waals surface area contributed by atoms with Crippen LogP contribution in [0.2, 0.25) is 0 Å². The molecule has 1 aromatic rings. The Bertz CT molecular complexity index is 591. The lowest BCUT2D eigenvalue weighted by molar-refractivity contribution is -0.147. The summed E-state index contributed by atoms with van der Waals surface area (Å²) in [6, 6.07) is 3.55. The number of carboxylic acid groups (broad SMARTS) is 1. The standard InChI is InChI=1S/C18H27NO6/c1-6-9-18(2,17(21)22)19-15(20)8-7-12-10-13(23-3)16(25-5)14(11-12)24-4/h10-11H,6-9H2,1-5H3,(H,19,20)(H,21,22). The van der Waals surface area contributed by atoms with Crippen LogP contribution in [0.15, 0.2) is 12.1 Å². The second-order valence-electron chi connectivity index (χ2n) is 5.97. The minimum atomic E-state index is -1.25. The van der Waals surface area contributed by atoms with E-state index in [-0.39, 0.29) is 12.3 Å². The van der Waals surface area contributed by atoms with E-state index in [0.29, 0.717) is 36.5 Å². The summed E-state index contributed by atoms with van der Waals surface area (Å²) in [4.78, 5) is 23.6. The molecule has 25 heavy (non-hydrogen) atoms. The third-order valence-electron chi connectivity index (χ3n) is 4.00. The number of carbonyl (C=O) groups excluding carboxylic acids is 1. The zero-order valence-electron chi connectivity index (χ0n) is 15.5. The molecule has 0 aliphatic heterocycles. The highest BCUT2D eigenvalue weighted by molar-refractivity contribution is 5.86. The summed E-state index contributed by atoms with van der Waals surface area (Å²) in [5.74, 6) is 0.166. The van der Waals surface area contributed by atoms with Crippen LogP contribution < -0.4 is 19.5 Å². The van der Waals surface area contributed by atoms with Crippen molar-refractivity contribution < 1.29 is 28.9 Å². The first kappa shape index (κ1) is 20.6. The Morgan fingerprint density at radius 3 is 2.08 bits per heavy atom. The van der Waals surface area contributed by atoms with Crippen molar-refractivity contribution in [3.63, 3.8) is 0 Å². The van der Waals surface area contributed by atoms with E-state index in [1.54, 1.807) is 12.1 Å². The molecular formula is C18H27NO6. The number of ether oxygens (including phenoxy) is 3. The molecule has 2 N–H and O–H groups in total. The van der Waals surface area contributed by atoms with Gasteiger partial charge < -0.3 is 24.6 Å². The number of carbonyl (C=O) groups is 2. The van der Waals surface area contributed by atoms with Gasteiger partial charge in [-0.2, -0.15) is 0 Å². The van der Waals surface area contributed by atoms with Gasteiger partial charge in [0.25, 0.3) is 0 Å². The van der Waals surface area contributed by atoms with E-state index >= 15 is 0 Å². The quantitative estimate of drug-likeness (QED) is 0.671. The number of aryl methyl sites for hydroxylation is 1. The number of hydrogen-bond acceptors (Lipinski definition) is 5. The highest BCUT2D eigenvalue weighted by atomic mass is 16.5. The van der Waals surface area contributed by atoms with Crippen molar-refractivity contribution in [1.82, 2.24) is 5.32 Å². The minimum Gasteiger partial charge on any atom is -0.493 e. The number of benzene rings is 1. The third kappa shape index (κ3) is 5.27. The molecule has 0 aliphatic rings. The van der Waals surface area contributed by atoms with E-state index in [1.165, 1.54) is 28.3 Å². The predicted molar refractivity (Wildman–Crippen MR) is 93.5 cm³/mol. The van der Waals surface area contributed by atoms with E-state index in [1.807, 2.05) is 6.92 Å². The normalized spacial score (nSPS) is 12.8. The van der Waals surface area contributed by atoms with Crippen LogP contribution in [0.5, 0.6) is 17.2 Å². The molecule has 1 atom stereocenters. The van der Waals surface area contributed by atoms with Crippen molar-refractivity contribution in [2.45, 2.75) is 45.1 Å². The van der Waals surface area contributed by atoms with E-state index in [4.69, 9.17) is 14.2 Å². The number of aliphatic carboxylic acids is 1. The molecule has 0 saturated heterocycles. The Balaban J connectivity index is 2.84. The van der Waals surface area contributed by atoms with Crippen LogP contribution >= 0.6 is 0 Å². The maximum Gasteiger partial charge on any atom is 0.329 e. The number of hydrogen-bond donors (Lipinski definition) is 2. The van der Waals surface area contributed by atoms with E-state index in [0.717, 1.165) is 5.56 Å². The van der Waals surface area contributed by atoms with Gasteiger partial charge in [0.15, 0.2) is 11.5 Å². The molecular weight excluding hydrogens is 326 g/mol. The molecule has 0 spiro atoms. The topological polar surface area (TPSA) is 94.1 Å². The van der Waals surface area contributed by atoms with Crippen LogP contribution in [-0.2, 0) is 16.0 Å². The predicted octanol–water partition coefficient (Wildman–Crippen LogP) is 2.40. The van der Waals surface area contributed by atoms with Crippen molar-refractivity contribution in [3.05, 3.63) is 17.7 Å². The maximum atomic E-state index is 12.2. The Hall–Kier alpha value is -2.44. The summed E-state index contributed by atoms with van der Waals surface area (Å²) >= 11 is 0. The molecule has 0 aromatic heterocycles. The summed E-state index contributed by atoms with van der Waals surface area (Å²) in [7, 11) is 4.57. The molecule has 1 unspecified atom stereocenters. The summed E-state index contributed by atoms with van der Waals surface area (Å²) in [6.45, 7) is 3.40. The number of rotatable bonds is 10. The number of amides is 1. The van der Waals surface area contributed by atoms with Gasteiger partial charge in [0, 0.05) is 6.42 Å². The van der Waals surface area contributed by atoms with Crippen molar-refractivity contribution in [2.75, 3.05) is 21.3 Å². The van der Waals surface area contributed by atoms with Gasteiger partial charge >= 0.3 is 5.97 Å². The molecule has 0 bridgehead atoms. The molecule has 1 amide bonds. The molecule has 1 rings (SSSR count). The van der Waals surface area contributed by atoms with Gasteiger partial charge in [-0.15, -0.1) is 0 Å². The van der Waals surface area contributed by atoms with Crippen molar-refractivity contribution in [2.24, 2.45) is 0 Å². The van der Waals surface area contributed by atoms with Crippen molar-refractivity contribution in [1.29, 1.82) is 0 Å². The number of nitrogens with one attached hydrogen (secondary N) is 1. The average molecular weight is 353 g/mol. The van der Waals surface area contributed by atoms with Crippen molar-refractivity contribution in [3.8, 4) is 17.2 Å². The van der Waals surface area contributed by atoms with Crippen LogP contribution in [0.1, 0.15) is 38.7 Å². The van der Waals surface area contributed by atoms with Gasteiger partial charge in [-0.1, -0.05) is 13.3 Å². The second kappa shape index (κ2) is 9.15. The van der Waals surface area contributed by atoms with Gasteiger partial charge in [-0.05, 0) is 37.5 Å². The summed E-state index contributed by atoms with van der Waals surface area (Å²) in [5, 5.41) is 11.9. The van der Waals surface area contributed by atoms with Crippen LogP contribution in [-0.4, -0.2) is 43.9 Å².